The van der Waals surface area contributed by atoms with Gasteiger partial charge in [-0.05, 0) is 63.8 Å². The zero-order valence-electron chi connectivity index (χ0n) is 10.3. The van der Waals surface area contributed by atoms with Gasteiger partial charge in [0.2, 0.25) is 0 Å². The van der Waals surface area contributed by atoms with E-state index in [1.54, 1.807) is 12.1 Å². The smallest absolute Gasteiger partial charge is 0.126 e. The van der Waals surface area contributed by atoms with Crippen molar-refractivity contribution in [1.82, 2.24) is 5.43 Å². The van der Waals surface area contributed by atoms with Gasteiger partial charge in [-0.3, -0.25) is 11.3 Å². The molecule has 20 heavy (non-hydrogen) atoms. The Hall–Kier alpha value is -0.460. The molecule has 0 saturated carbocycles. The van der Waals surface area contributed by atoms with E-state index in [2.05, 4.69) is 37.3 Å². The van der Waals surface area contributed by atoms with Crippen LogP contribution in [0.15, 0.2) is 45.3 Å². The summed E-state index contributed by atoms with van der Waals surface area (Å²) in [5.41, 5.74) is 4.19. The molecule has 0 spiro atoms. The monoisotopic (exact) mass is 420 g/mol. The van der Waals surface area contributed by atoms with Crippen LogP contribution in [0.1, 0.15) is 17.2 Å². The van der Waals surface area contributed by atoms with Crippen molar-refractivity contribution < 1.29 is 4.39 Å². The van der Waals surface area contributed by atoms with Crippen LogP contribution in [0.3, 0.4) is 0 Å². The van der Waals surface area contributed by atoms with Gasteiger partial charge in [-0.1, -0.05) is 33.6 Å². The minimum absolute atomic E-state index is 0.218. The van der Waals surface area contributed by atoms with Crippen molar-refractivity contribution in [3.8, 4) is 0 Å². The van der Waals surface area contributed by atoms with Crippen molar-refractivity contribution in [2.75, 3.05) is 0 Å². The summed E-state index contributed by atoms with van der Waals surface area (Å²) < 4.78 is 15.4. The zero-order valence-corrected chi connectivity index (χ0v) is 14.3. The summed E-state index contributed by atoms with van der Waals surface area (Å²) in [5.74, 6) is 5.34. The highest BCUT2D eigenvalue weighted by atomic mass is 79.9. The molecule has 2 rings (SSSR count). The molecule has 0 aliphatic carbocycles. The summed E-state index contributed by atoms with van der Waals surface area (Å²) in [6.07, 6.45) is 0.430. The highest BCUT2D eigenvalue weighted by Crippen LogP contribution is 2.28. The zero-order chi connectivity index (χ0) is 14.7. The third-order valence-corrected chi connectivity index (χ3v) is 4.70. The summed E-state index contributed by atoms with van der Waals surface area (Å²) in [4.78, 5) is 0. The number of hydrazine groups is 1. The van der Waals surface area contributed by atoms with E-state index < -0.39 is 0 Å². The summed E-state index contributed by atoms with van der Waals surface area (Å²) in [6.45, 7) is 0. The third-order valence-electron chi connectivity index (χ3n) is 2.98. The van der Waals surface area contributed by atoms with Gasteiger partial charge in [0.25, 0.3) is 0 Å². The fourth-order valence-electron chi connectivity index (χ4n) is 1.92. The second kappa shape index (κ2) is 7.00. The summed E-state index contributed by atoms with van der Waals surface area (Å²) in [6, 6.07) is 10.2. The molecule has 1 atom stereocenters. The lowest BCUT2D eigenvalue weighted by molar-refractivity contribution is 0.529. The molecule has 0 radical (unpaired) electrons. The summed E-state index contributed by atoms with van der Waals surface area (Å²) in [7, 11) is 0. The maximum Gasteiger partial charge on any atom is 0.126 e. The van der Waals surface area contributed by atoms with Crippen LogP contribution >= 0.6 is 43.5 Å². The van der Waals surface area contributed by atoms with E-state index in [-0.39, 0.29) is 11.9 Å². The van der Waals surface area contributed by atoms with Crippen LogP contribution in [0.5, 0.6) is 0 Å². The van der Waals surface area contributed by atoms with Crippen molar-refractivity contribution in [2.24, 2.45) is 5.84 Å². The minimum Gasteiger partial charge on any atom is -0.271 e. The van der Waals surface area contributed by atoms with E-state index >= 15 is 0 Å². The van der Waals surface area contributed by atoms with Gasteiger partial charge >= 0.3 is 0 Å². The van der Waals surface area contributed by atoms with Crippen LogP contribution in [-0.2, 0) is 6.42 Å². The first-order valence-corrected chi connectivity index (χ1v) is 7.82. The van der Waals surface area contributed by atoms with Gasteiger partial charge in [0.05, 0.1) is 11.1 Å². The number of halogens is 4. The van der Waals surface area contributed by atoms with Gasteiger partial charge in [-0.25, -0.2) is 4.39 Å². The van der Waals surface area contributed by atoms with Crippen molar-refractivity contribution in [3.05, 3.63) is 67.3 Å². The fraction of sp³-hybridized carbons (Fsp3) is 0.143. The summed E-state index contributed by atoms with van der Waals surface area (Å²) >= 11 is 12.8. The third kappa shape index (κ3) is 3.80. The van der Waals surface area contributed by atoms with Gasteiger partial charge in [-0.2, -0.15) is 0 Å². The minimum atomic E-state index is -0.253. The number of hydrogen-bond acceptors (Lipinski definition) is 2. The number of benzene rings is 2. The molecular formula is C14H12Br2ClFN2. The lowest BCUT2D eigenvalue weighted by atomic mass is 9.99. The molecule has 3 N–H and O–H groups in total. The molecule has 0 aliphatic heterocycles. The molecule has 0 saturated heterocycles. The number of rotatable bonds is 4. The van der Waals surface area contributed by atoms with E-state index in [0.29, 0.717) is 17.0 Å². The number of hydrogen-bond donors (Lipinski definition) is 2. The second-order valence-electron chi connectivity index (χ2n) is 4.33. The van der Waals surface area contributed by atoms with Crippen LogP contribution < -0.4 is 11.3 Å². The van der Waals surface area contributed by atoms with Crippen molar-refractivity contribution >= 4 is 43.5 Å². The first-order chi connectivity index (χ1) is 9.51. The molecule has 0 bridgehead atoms. The normalized spacial score (nSPS) is 12.4. The topological polar surface area (TPSA) is 38.0 Å². The Morgan fingerprint density at radius 2 is 1.95 bits per heavy atom. The van der Waals surface area contributed by atoms with E-state index in [0.717, 1.165) is 14.5 Å². The van der Waals surface area contributed by atoms with Crippen molar-refractivity contribution in [3.63, 3.8) is 0 Å². The van der Waals surface area contributed by atoms with Crippen LogP contribution in [0.25, 0.3) is 0 Å². The predicted molar refractivity (Wildman–Crippen MR) is 87.0 cm³/mol. The lowest BCUT2D eigenvalue weighted by Gasteiger charge is -2.17. The van der Waals surface area contributed by atoms with Crippen LogP contribution in [-0.4, -0.2) is 0 Å². The van der Waals surface area contributed by atoms with E-state index in [9.17, 15) is 4.39 Å². The van der Waals surface area contributed by atoms with Gasteiger partial charge in [0.15, 0.2) is 0 Å². The average Bonchev–Trinajstić information content (AvgIpc) is 2.43. The Morgan fingerprint density at radius 3 is 2.60 bits per heavy atom. The van der Waals surface area contributed by atoms with Crippen LogP contribution in [0.4, 0.5) is 4.39 Å². The molecule has 0 aliphatic rings. The Balaban J connectivity index is 2.28. The van der Waals surface area contributed by atoms with Gasteiger partial charge in [0.1, 0.15) is 5.82 Å². The van der Waals surface area contributed by atoms with Crippen molar-refractivity contribution in [1.29, 1.82) is 0 Å². The van der Waals surface area contributed by atoms with Gasteiger partial charge in [0, 0.05) is 8.95 Å². The van der Waals surface area contributed by atoms with Crippen LogP contribution in [0, 0.1) is 5.82 Å². The first kappa shape index (κ1) is 15.9. The highest BCUT2D eigenvalue weighted by Gasteiger charge is 2.14. The first-order valence-electron chi connectivity index (χ1n) is 5.86. The largest absolute Gasteiger partial charge is 0.271 e. The number of nitrogens with one attached hydrogen (secondary N) is 1. The Labute approximate surface area is 138 Å². The molecule has 1 unspecified atom stereocenters. The second-order valence-corrected chi connectivity index (χ2v) is 6.51. The van der Waals surface area contributed by atoms with Gasteiger partial charge < -0.3 is 0 Å². The molecule has 106 valence electrons. The Kier molecular flexibility index (Phi) is 5.57. The molecule has 2 aromatic rings. The molecule has 0 fully saturated rings. The maximum absolute atomic E-state index is 13.8. The quantitative estimate of drug-likeness (QED) is 0.551. The molecular weight excluding hydrogens is 410 g/mol. The summed E-state index contributed by atoms with van der Waals surface area (Å²) in [5, 5.41) is 0.595. The molecule has 0 amide bonds. The Bertz CT molecular complexity index is 622. The van der Waals surface area contributed by atoms with E-state index in [1.165, 1.54) is 6.07 Å². The average molecular weight is 423 g/mol. The molecule has 2 nitrogen and oxygen atoms in total. The molecule has 2 aromatic carbocycles. The molecule has 0 heterocycles. The molecule has 0 aromatic heterocycles. The standard InChI is InChI=1S/C14H12Br2ClFN2/c15-10-2-4-13(18)9(5-10)7-14(20-19)8-1-3-11(16)12(17)6-8/h1-6,14,20H,7,19H2. The number of nitrogens with two attached hydrogens (primary N) is 1. The maximum atomic E-state index is 13.8. The van der Waals surface area contributed by atoms with E-state index in [1.807, 2.05) is 18.2 Å². The molecule has 6 heteroatoms. The fourth-order valence-corrected chi connectivity index (χ4v) is 2.77. The highest BCUT2D eigenvalue weighted by molar-refractivity contribution is 9.10. The Morgan fingerprint density at radius 1 is 1.20 bits per heavy atom. The van der Waals surface area contributed by atoms with Gasteiger partial charge in [-0.15, -0.1) is 0 Å². The van der Waals surface area contributed by atoms with Crippen LogP contribution in [0.2, 0.25) is 5.02 Å². The lowest BCUT2D eigenvalue weighted by Crippen LogP contribution is -2.29. The predicted octanol–water partition coefficient (Wildman–Crippen LogP) is 4.75. The van der Waals surface area contributed by atoms with Crippen molar-refractivity contribution in [2.45, 2.75) is 12.5 Å². The SMILES string of the molecule is NNC(Cc1cc(Br)ccc1F)c1ccc(Br)c(Cl)c1. The van der Waals surface area contributed by atoms with E-state index in [4.69, 9.17) is 17.4 Å².